The lowest BCUT2D eigenvalue weighted by atomic mass is 9.98. The number of nitrogens with one attached hydrogen (secondary N) is 1. The number of carbonyl (C=O) groups is 1. The van der Waals surface area contributed by atoms with Gasteiger partial charge in [-0.05, 0) is 49.3 Å². The number of carbonyl (C=O) groups excluding carboxylic acids is 1. The summed E-state index contributed by atoms with van der Waals surface area (Å²) in [6, 6.07) is 7.90. The van der Waals surface area contributed by atoms with Gasteiger partial charge in [0.2, 0.25) is 5.91 Å². The number of halogens is 1. The number of aryl methyl sites for hydroxylation is 1. The summed E-state index contributed by atoms with van der Waals surface area (Å²) in [7, 11) is 0. The molecule has 2 unspecified atom stereocenters. The molecule has 1 aliphatic rings. The zero-order valence-corrected chi connectivity index (χ0v) is 14.2. The Morgan fingerprint density at radius 1 is 1.38 bits per heavy atom. The molecule has 2 atom stereocenters. The molecule has 0 bridgehead atoms. The Morgan fingerprint density at radius 2 is 2.19 bits per heavy atom. The van der Waals surface area contributed by atoms with Crippen LogP contribution in [0.25, 0.3) is 0 Å². The third kappa shape index (κ3) is 5.34. The minimum absolute atomic E-state index is 0.0860. The van der Waals surface area contributed by atoms with E-state index in [9.17, 15) is 4.79 Å². The normalized spacial score (nSPS) is 21.2. The topological polar surface area (TPSA) is 38.3 Å². The van der Waals surface area contributed by atoms with Crippen LogP contribution in [0.1, 0.15) is 31.2 Å². The van der Waals surface area contributed by atoms with Crippen molar-refractivity contribution in [2.45, 2.75) is 32.6 Å². The van der Waals surface area contributed by atoms with Gasteiger partial charge in [0.1, 0.15) is 5.75 Å². The quantitative estimate of drug-likeness (QED) is 0.759. The first-order valence-electron chi connectivity index (χ1n) is 7.71. The standard InChI is InChI=1S/C17H24BrNO2/c1-13-4-2-7-16(10-13)21-9-8-17(20)19-12-15-6-3-5-14(15)11-18/h2,4,7,10,14-15H,3,5-6,8-9,11-12H2,1H3,(H,19,20). The Hall–Kier alpha value is -1.03. The summed E-state index contributed by atoms with van der Waals surface area (Å²) >= 11 is 3.56. The summed E-state index contributed by atoms with van der Waals surface area (Å²) in [5.74, 6) is 2.26. The molecule has 0 radical (unpaired) electrons. The van der Waals surface area contributed by atoms with Gasteiger partial charge in [0, 0.05) is 11.9 Å². The first kappa shape index (κ1) is 16.3. The predicted octanol–water partition coefficient (Wildman–Crippen LogP) is 3.69. The van der Waals surface area contributed by atoms with Gasteiger partial charge < -0.3 is 10.1 Å². The van der Waals surface area contributed by atoms with E-state index in [2.05, 4.69) is 21.2 Å². The van der Waals surface area contributed by atoms with Gasteiger partial charge in [0.25, 0.3) is 0 Å². The number of rotatable bonds is 7. The van der Waals surface area contributed by atoms with Crippen molar-refractivity contribution in [3.63, 3.8) is 0 Å². The Bertz CT molecular complexity index is 464. The zero-order valence-electron chi connectivity index (χ0n) is 12.6. The highest BCUT2D eigenvalue weighted by molar-refractivity contribution is 9.09. The number of benzene rings is 1. The number of ether oxygens (including phenoxy) is 1. The van der Waals surface area contributed by atoms with Crippen LogP contribution in [0.2, 0.25) is 0 Å². The summed E-state index contributed by atoms with van der Waals surface area (Å²) < 4.78 is 5.60. The van der Waals surface area contributed by atoms with Crippen LogP contribution >= 0.6 is 15.9 Å². The van der Waals surface area contributed by atoms with Crippen LogP contribution in [0.3, 0.4) is 0 Å². The first-order valence-corrected chi connectivity index (χ1v) is 8.83. The highest BCUT2D eigenvalue weighted by Gasteiger charge is 2.26. The van der Waals surface area contributed by atoms with E-state index in [4.69, 9.17) is 4.74 Å². The fourth-order valence-corrected chi connectivity index (χ4v) is 3.74. The summed E-state index contributed by atoms with van der Waals surface area (Å²) in [5, 5.41) is 4.09. The van der Waals surface area contributed by atoms with Gasteiger partial charge in [-0.1, -0.05) is 34.5 Å². The molecule has 0 heterocycles. The van der Waals surface area contributed by atoms with E-state index in [-0.39, 0.29) is 5.91 Å². The van der Waals surface area contributed by atoms with Crippen molar-refractivity contribution >= 4 is 21.8 Å². The molecule has 1 aromatic carbocycles. The van der Waals surface area contributed by atoms with E-state index >= 15 is 0 Å². The molecule has 1 aromatic rings. The number of hydrogen-bond acceptors (Lipinski definition) is 2. The Labute approximate surface area is 135 Å². The van der Waals surface area contributed by atoms with Crippen molar-refractivity contribution in [3.05, 3.63) is 29.8 Å². The van der Waals surface area contributed by atoms with Crippen LogP contribution in [0.4, 0.5) is 0 Å². The molecule has 2 rings (SSSR count). The molecule has 21 heavy (non-hydrogen) atoms. The van der Waals surface area contributed by atoms with Gasteiger partial charge >= 0.3 is 0 Å². The predicted molar refractivity (Wildman–Crippen MR) is 88.9 cm³/mol. The molecule has 1 N–H and O–H groups in total. The van der Waals surface area contributed by atoms with Gasteiger partial charge in [-0.25, -0.2) is 0 Å². The molecular weight excluding hydrogens is 330 g/mol. The fraction of sp³-hybridized carbons (Fsp3) is 0.588. The monoisotopic (exact) mass is 353 g/mol. The average Bonchev–Trinajstić information content (AvgIpc) is 2.92. The summed E-state index contributed by atoms with van der Waals surface area (Å²) in [6.45, 7) is 3.27. The van der Waals surface area contributed by atoms with Crippen molar-refractivity contribution in [2.75, 3.05) is 18.5 Å². The molecule has 3 nitrogen and oxygen atoms in total. The third-order valence-corrected chi connectivity index (χ3v) is 5.00. The second kappa shape index (κ2) is 8.42. The van der Waals surface area contributed by atoms with Gasteiger partial charge in [-0.2, -0.15) is 0 Å². The number of hydrogen-bond donors (Lipinski definition) is 1. The number of amides is 1. The maximum Gasteiger partial charge on any atom is 0.223 e. The van der Waals surface area contributed by atoms with E-state index in [1.807, 2.05) is 31.2 Å². The SMILES string of the molecule is Cc1cccc(OCCC(=O)NCC2CCCC2CBr)c1. The van der Waals surface area contributed by atoms with Crippen molar-refractivity contribution in [3.8, 4) is 5.75 Å². The molecule has 0 spiro atoms. The Kier molecular flexibility index (Phi) is 6.55. The molecule has 1 saturated carbocycles. The maximum atomic E-state index is 11.8. The van der Waals surface area contributed by atoms with Crippen LogP contribution in [0, 0.1) is 18.8 Å². The van der Waals surface area contributed by atoms with Crippen molar-refractivity contribution < 1.29 is 9.53 Å². The summed E-state index contributed by atoms with van der Waals surface area (Å²) in [5.41, 5.74) is 1.17. The van der Waals surface area contributed by atoms with E-state index in [0.717, 1.165) is 17.6 Å². The zero-order chi connectivity index (χ0) is 15.1. The van der Waals surface area contributed by atoms with Crippen LogP contribution in [-0.2, 0) is 4.79 Å². The minimum Gasteiger partial charge on any atom is -0.493 e. The van der Waals surface area contributed by atoms with Gasteiger partial charge in [-0.15, -0.1) is 0 Å². The molecule has 0 saturated heterocycles. The first-order chi connectivity index (χ1) is 10.2. The summed E-state index contributed by atoms with van der Waals surface area (Å²) in [4.78, 5) is 11.8. The van der Waals surface area contributed by atoms with Crippen LogP contribution in [0.15, 0.2) is 24.3 Å². The lowest BCUT2D eigenvalue weighted by Gasteiger charge is -2.17. The molecule has 116 valence electrons. The summed E-state index contributed by atoms with van der Waals surface area (Å²) in [6.07, 6.45) is 4.21. The Morgan fingerprint density at radius 3 is 2.95 bits per heavy atom. The van der Waals surface area contributed by atoms with Crippen LogP contribution in [0.5, 0.6) is 5.75 Å². The average molecular weight is 354 g/mol. The Balaban J connectivity index is 1.63. The van der Waals surface area contributed by atoms with Crippen molar-refractivity contribution in [1.82, 2.24) is 5.32 Å². The van der Waals surface area contributed by atoms with E-state index in [1.165, 1.54) is 24.8 Å². The number of alkyl halides is 1. The maximum absolute atomic E-state index is 11.8. The molecular formula is C17H24BrNO2. The van der Waals surface area contributed by atoms with E-state index in [1.54, 1.807) is 0 Å². The second-order valence-corrected chi connectivity index (χ2v) is 6.47. The molecule has 0 aromatic heterocycles. The minimum atomic E-state index is 0.0860. The lowest BCUT2D eigenvalue weighted by molar-refractivity contribution is -0.121. The lowest BCUT2D eigenvalue weighted by Crippen LogP contribution is -2.31. The molecule has 4 heteroatoms. The van der Waals surface area contributed by atoms with Crippen LogP contribution < -0.4 is 10.1 Å². The molecule has 0 aliphatic heterocycles. The van der Waals surface area contributed by atoms with Gasteiger partial charge in [0.05, 0.1) is 13.0 Å². The molecule has 1 amide bonds. The molecule has 1 fully saturated rings. The van der Waals surface area contributed by atoms with Crippen molar-refractivity contribution in [2.24, 2.45) is 11.8 Å². The fourth-order valence-electron chi connectivity index (χ4n) is 2.89. The van der Waals surface area contributed by atoms with Gasteiger partial charge in [0.15, 0.2) is 0 Å². The largest absolute Gasteiger partial charge is 0.493 e. The van der Waals surface area contributed by atoms with Crippen LogP contribution in [-0.4, -0.2) is 24.4 Å². The van der Waals surface area contributed by atoms with E-state index in [0.29, 0.717) is 24.9 Å². The van der Waals surface area contributed by atoms with Gasteiger partial charge in [-0.3, -0.25) is 4.79 Å². The highest BCUT2D eigenvalue weighted by atomic mass is 79.9. The smallest absolute Gasteiger partial charge is 0.223 e. The second-order valence-electron chi connectivity index (χ2n) is 5.82. The highest BCUT2D eigenvalue weighted by Crippen LogP contribution is 2.32. The van der Waals surface area contributed by atoms with Crippen molar-refractivity contribution in [1.29, 1.82) is 0 Å². The van der Waals surface area contributed by atoms with E-state index < -0.39 is 0 Å². The molecule has 1 aliphatic carbocycles. The third-order valence-electron chi connectivity index (χ3n) is 4.16.